The maximum atomic E-state index is 12.3. The van der Waals surface area contributed by atoms with E-state index >= 15 is 0 Å². The number of carbonyl (C=O) groups is 1. The molecule has 0 spiro atoms. The zero-order chi connectivity index (χ0) is 18.1. The quantitative estimate of drug-likeness (QED) is 0.754. The Kier molecular flexibility index (Phi) is 4.22. The van der Waals surface area contributed by atoms with E-state index in [-0.39, 0.29) is 11.4 Å². The van der Waals surface area contributed by atoms with Crippen LogP contribution in [0.2, 0.25) is 0 Å². The molecule has 1 aliphatic heterocycles. The number of rotatable bonds is 4. The molecule has 0 radical (unpaired) electrons. The van der Waals surface area contributed by atoms with Gasteiger partial charge in [-0.1, -0.05) is 6.07 Å². The van der Waals surface area contributed by atoms with Gasteiger partial charge in [0, 0.05) is 7.05 Å². The fourth-order valence-electron chi connectivity index (χ4n) is 2.80. The summed E-state index contributed by atoms with van der Waals surface area (Å²) in [4.78, 5) is 38.4. The molecule has 0 saturated heterocycles. The van der Waals surface area contributed by atoms with Gasteiger partial charge in [0.15, 0.2) is 11.5 Å². The fraction of sp³-hybridized carbons (Fsp3) is 0.312. The molecule has 0 aliphatic carbocycles. The van der Waals surface area contributed by atoms with E-state index in [1.807, 2.05) is 6.92 Å². The van der Waals surface area contributed by atoms with Crippen LogP contribution in [-0.4, -0.2) is 29.3 Å². The van der Waals surface area contributed by atoms with E-state index in [9.17, 15) is 14.4 Å². The highest BCUT2D eigenvalue weighted by atomic mass is 16.5. The van der Waals surface area contributed by atoms with E-state index < -0.39 is 23.3 Å². The molecule has 0 fully saturated rings. The fourth-order valence-corrected chi connectivity index (χ4v) is 2.80. The number of aromatic nitrogens is 2. The summed E-state index contributed by atoms with van der Waals surface area (Å²) in [5.41, 5.74) is -0.294. The number of ether oxygens (including phenoxy) is 2. The van der Waals surface area contributed by atoms with Crippen molar-refractivity contribution in [3.63, 3.8) is 0 Å². The first-order valence-corrected chi connectivity index (χ1v) is 7.67. The van der Waals surface area contributed by atoms with Gasteiger partial charge in [0.05, 0.1) is 25.3 Å². The second kappa shape index (κ2) is 6.34. The minimum absolute atomic E-state index is 0.163. The molecular weight excluding hydrogens is 328 g/mol. The van der Waals surface area contributed by atoms with Crippen LogP contribution in [0.5, 0.6) is 11.5 Å². The number of nitrogens with zero attached hydrogens (tertiary/aromatic N) is 1. The molecule has 1 aliphatic rings. The van der Waals surface area contributed by atoms with Gasteiger partial charge in [-0.3, -0.25) is 19.7 Å². The van der Waals surface area contributed by atoms with Crippen molar-refractivity contribution in [3.8, 4) is 11.5 Å². The summed E-state index contributed by atoms with van der Waals surface area (Å²) >= 11 is 0. The number of urea groups is 1. The highest BCUT2D eigenvalue weighted by Gasteiger charge is 2.31. The van der Waals surface area contributed by atoms with Gasteiger partial charge in [-0.15, -0.1) is 0 Å². The van der Waals surface area contributed by atoms with Gasteiger partial charge >= 0.3 is 11.7 Å². The molecule has 3 N–H and O–H groups in total. The van der Waals surface area contributed by atoms with Crippen LogP contribution in [0.15, 0.2) is 27.8 Å². The molecule has 1 aromatic carbocycles. The van der Waals surface area contributed by atoms with Crippen LogP contribution in [0.25, 0.3) is 0 Å². The zero-order valence-corrected chi connectivity index (χ0v) is 14.0. The lowest BCUT2D eigenvalue weighted by Gasteiger charge is -2.28. The molecule has 1 atom stereocenters. The highest BCUT2D eigenvalue weighted by Crippen LogP contribution is 2.34. The van der Waals surface area contributed by atoms with Crippen LogP contribution in [-0.2, 0) is 7.05 Å². The van der Waals surface area contributed by atoms with Gasteiger partial charge in [0.1, 0.15) is 5.82 Å². The number of benzene rings is 1. The van der Waals surface area contributed by atoms with Gasteiger partial charge in [-0.25, -0.2) is 9.59 Å². The number of nitrogens with one attached hydrogen (secondary N) is 3. The Morgan fingerprint density at radius 3 is 2.64 bits per heavy atom. The van der Waals surface area contributed by atoms with Gasteiger partial charge in [-0.05, 0) is 24.6 Å². The first kappa shape index (κ1) is 16.6. The number of fused-ring (bicyclic) bond motifs is 1. The molecule has 0 saturated carbocycles. The Balaban J connectivity index is 2.19. The summed E-state index contributed by atoms with van der Waals surface area (Å²) in [6, 6.07) is 3.89. The Hall–Kier alpha value is -3.23. The van der Waals surface area contributed by atoms with E-state index in [1.54, 1.807) is 18.2 Å². The Bertz CT molecular complexity index is 947. The van der Waals surface area contributed by atoms with Crippen LogP contribution in [0, 0.1) is 0 Å². The van der Waals surface area contributed by atoms with Crippen LogP contribution < -0.4 is 31.4 Å². The van der Waals surface area contributed by atoms with E-state index in [4.69, 9.17) is 9.47 Å². The second-order valence-corrected chi connectivity index (χ2v) is 5.46. The maximum absolute atomic E-state index is 12.3. The van der Waals surface area contributed by atoms with Crippen LogP contribution in [0.3, 0.4) is 0 Å². The average molecular weight is 346 g/mol. The van der Waals surface area contributed by atoms with E-state index in [2.05, 4.69) is 15.6 Å². The number of H-pyrrole nitrogens is 1. The van der Waals surface area contributed by atoms with Crippen molar-refractivity contribution in [3.05, 3.63) is 50.2 Å². The number of anilines is 1. The molecule has 2 heterocycles. The summed E-state index contributed by atoms with van der Waals surface area (Å²) in [5, 5.41) is 5.21. The average Bonchev–Trinajstić information content (AvgIpc) is 2.59. The van der Waals surface area contributed by atoms with Crippen molar-refractivity contribution >= 4 is 11.8 Å². The SMILES string of the molecule is CCOc1cc(C2NC(=O)Nc3c2c(=O)[nH]c(=O)n3C)ccc1OC. The molecule has 2 amide bonds. The van der Waals surface area contributed by atoms with Gasteiger partial charge in [-0.2, -0.15) is 0 Å². The lowest BCUT2D eigenvalue weighted by atomic mass is 9.98. The van der Waals surface area contributed by atoms with Crippen molar-refractivity contribution in [2.45, 2.75) is 13.0 Å². The van der Waals surface area contributed by atoms with Crippen LogP contribution >= 0.6 is 0 Å². The summed E-state index contributed by atoms with van der Waals surface area (Å²) < 4.78 is 12.0. The van der Waals surface area contributed by atoms with Crippen molar-refractivity contribution in [1.29, 1.82) is 0 Å². The Morgan fingerprint density at radius 2 is 1.96 bits per heavy atom. The monoisotopic (exact) mass is 346 g/mol. The number of aromatic amines is 1. The molecule has 3 rings (SSSR count). The summed E-state index contributed by atoms with van der Waals surface area (Å²) in [6.45, 7) is 2.28. The first-order valence-electron chi connectivity index (χ1n) is 7.67. The third kappa shape index (κ3) is 2.84. The third-order valence-corrected chi connectivity index (χ3v) is 3.98. The van der Waals surface area contributed by atoms with Gasteiger partial charge < -0.3 is 14.8 Å². The predicted molar refractivity (Wildman–Crippen MR) is 90.5 cm³/mol. The van der Waals surface area contributed by atoms with Gasteiger partial charge in [0.2, 0.25) is 0 Å². The van der Waals surface area contributed by atoms with Gasteiger partial charge in [0.25, 0.3) is 5.56 Å². The zero-order valence-electron chi connectivity index (χ0n) is 14.0. The lowest BCUT2D eigenvalue weighted by Crippen LogP contribution is -2.46. The molecule has 25 heavy (non-hydrogen) atoms. The second-order valence-electron chi connectivity index (χ2n) is 5.46. The number of hydrogen-bond donors (Lipinski definition) is 3. The van der Waals surface area contributed by atoms with Crippen molar-refractivity contribution in [1.82, 2.24) is 14.9 Å². The minimum atomic E-state index is -0.732. The Labute approximate surface area is 142 Å². The largest absolute Gasteiger partial charge is 0.493 e. The molecule has 1 aromatic heterocycles. The molecule has 2 aromatic rings. The highest BCUT2D eigenvalue weighted by molar-refractivity contribution is 5.92. The topological polar surface area (TPSA) is 114 Å². The summed E-state index contributed by atoms with van der Waals surface area (Å²) in [6.07, 6.45) is 0. The maximum Gasteiger partial charge on any atom is 0.329 e. The number of carbonyl (C=O) groups excluding carboxylic acids is 1. The summed E-state index contributed by atoms with van der Waals surface area (Å²) in [5.74, 6) is 1.20. The summed E-state index contributed by atoms with van der Waals surface area (Å²) in [7, 11) is 3.00. The van der Waals surface area contributed by atoms with Crippen molar-refractivity contribution in [2.24, 2.45) is 7.05 Å². The predicted octanol–water partition coefficient (Wildman–Crippen LogP) is 0.705. The first-order chi connectivity index (χ1) is 12.0. The molecular formula is C16H18N4O5. The van der Waals surface area contributed by atoms with E-state index in [1.165, 1.54) is 18.7 Å². The Morgan fingerprint density at radius 1 is 1.20 bits per heavy atom. The number of amides is 2. The minimum Gasteiger partial charge on any atom is -0.493 e. The molecule has 9 heteroatoms. The standard InChI is InChI=1S/C16H18N4O5/c1-4-25-10-7-8(5-6-9(10)24-3)12-11-13(18-15(22)17-12)20(2)16(23)19-14(11)21/h5-7,12H,4H2,1-3H3,(H2,17,18,22)(H,19,21,23). The van der Waals surface area contributed by atoms with Crippen LogP contribution in [0.1, 0.15) is 24.1 Å². The van der Waals surface area contributed by atoms with Crippen molar-refractivity contribution in [2.75, 3.05) is 19.0 Å². The molecule has 1 unspecified atom stereocenters. The molecule has 9 nitrogen and oxygen atoms in total. The van der Waals surface area contributed by atoms with E-state index in [0.29, 0.717) is 23.7 Å². The number of hydrogen-bond acceptors (Lipinski definition) is 5. The van der Waals surface area contributed by atoms with E-state index in [0.717, 1.165) is 0 Å². The smallest absolute Gasteiger partial charge is 0.329 e. The normalized spacial score (nSPS) is 15.8. The van der Waals surface area contributed by atoms with Crippen molar-refractivity contribution < 1.29 is 14.3 Å². The molecule has 0 bridgehead atoms. The third-order valence-electron chi connectivity index (χ3n) is 3.98. The lowest BCUT2D eigenvalue weighted by molar-refractivity contribution is 0.248. The number of methoxy groups -OCH3 is 1. The van der Waals surface area contributed by atoms with Crippen LogP contribution in [0.4, 0.5) is 10.6 Å². The molecule has 132 valence electrons.